The molecule has 0 aromatic heterocycles. The van der Waals surface area contributed by atoms with Gasteiger partial charge in [0.05, 0.1) is 7.11 Å². The van der Waals surface area contributed by atoms with Gasteiger partial charge >= 0.3 is 5.97 Å². The highest BCUT2D eigenvalue weighted by Crippen LogP contribution is 2.13. The fourth-order valence-electron chi connectivity index (χ4n) is 1.91. The Labute approximate surface area is 90.4 Å². The van der Waals surface area contributed by atoms with Crippen LogP contribution in [0.3, 0.4) is 0 Å². The molecule has 1 aliphatic heterocycles. The van der Waals surface area contributed by atoms with E-state index in [1.165, 1.54) is 14.0 Å². The third-order valence-electron chi connectivity index (χ3n) is 2.84. The molecule has 0 aromatic rings. The monoisotopic (exact) mass is 216 g/mol. The predicted molar refractivity (Wildman–Crippen MR) is 56.5 cm³/mol. The average Bonchev–Trinajstić information content (AvgIpc) is 2.68. The smallest absolute Gasteiger partial charge is 0.338 e. The van der Waals surface area contributed by atoms with Crippen LogP contribution in [0.15, 0.2) is 0 Å². The predicted octanol–water partition coefficient (Wildman–Crippen LogP) is -0.796. The summed E-state index contributed by atoms with van der Waals surface area (Å²) >= 11 is 0. The zero-order valence-electron chi connectivity index (χ0n) is 9.62. The molecule has 0 spiro atoms. The van der Waals surface area contributed by atoms with Crippen LogP contribution in [0.1, 0.15) is 13.3 Å². The molecule has 1 aliphatic rings. The van der Waals surface area contributed by atoms with E-state index in [2.05, 4.69) is 10.1 Å². The van der Waals surface area contributed by atoms with Crippen molar-refractivity contribution in [3.8, 4) is 0 Å². The van der Waals surface area contributed by atoms with Gasteiger partial charge in [-0.1, -0.05) is 0 Å². The summed E-state index contributed by atoms with van der Waals surface area (Å²) in [4.78, 5) is 13.3. The first-order valence-corrected chi connectivity index (χ1v) is 5.19. The van der Waals surface area contributed by atoms with Gasteiger partial charge in [0.2, 0.25) is 0 Å². The van der Waals surface area contributed by atoms with Gasteiger partial charge in [0.25, 0.3) is 0 Å². The molecule has 5 nitrogen and oxygen atoms in total. The lowest BCUT2D eigenvalue weighted by molar-refractivity contribution is -0.162. The molecule has 88 valence electrons. The minimum atomic E-state index is -1.42. The summed E-state index contributed by atoms with van der Waals surface area (Å²) in [5.74, 6) is -0.583. The van der Waals surface area contributed by atoms with Crippen LogP contribution in [0.5, 0.6) is 0 Å². The van der Waals surface area contributed by atoms with E-state index in [1.54, 1.807) is 0 Å². The van der Waals surface area contributed by atoms with Crippen LogP contribution in [-0.2, 0) is 9.53 Å². The first-order valence-electron chi connectivity index (χ1n) is 5.19. The molecule has 0 amide bonds. The Hall–Kier alpha value is -0.650. The summed E-state index contributed by atoms with van der Waals surface area (Å²) in [6.07, 6.45) is 1.05. The topological polar surface area (TPSA) is 61.8 Å². The van der Waals surface area contributed by atoms with Crippen molar-refractivity contribution in [2.24, 2.45) is 0 Å². The SMILES string of the molecule is COC(=O)C(C)(O)CN(C)C1CCNC1. The van der Waals surface area contributed by atoms with E-state index in [1.807, 2.05) is 11.9 Å². The van der Waals surface area contributed by atoms with E-state index in [4.69, 9.17) is 0 Å². The molecular formula is C10H20N2O3. The molecule has 5 heteroatoms. The molecule has 2 unspecified atom stereocenters. The van der Waals surface area contributed by atoms with Crippen molar-refractivity contribution in [1.82, 2.24) is 10.2 Å². The molecule has 0 bridgehead atoms. The van der Waals surface area contributed by atoms with Crippen molar-refractivity contribution in [3.05, 3.63) is 0 Å². The van der Waals surface area contributed by atoms with Crippen molar-refractivity contribution in [1.29, 1.82) is 0 Å². The standard InChI is InChI=1S/C10H20N2O3/c1-10(14,9(13)15-3)7-12(2)8-4-5-11-6-8/h8,11,14H,4-7H2,1-3H3. The van der Waals surface area contributed by atoms with Gasteiger partial charge in [0, 0.05) is 19.1 Å². The Balaban J connectivity index is 2.48. The van der Waals surface area contributed by atoms with Gasteiger partial charge in [-0.25, -0.2) is 4.79 Å². The Bertz CT molecular complexity index is 225. The lowest BCUT2D eigenvalue weighted by Crippen LogP contribution is -2.49. The molecule has 15 heavy (non-hydrogen) atoms. The van der Waals surface area contributed by atoms with E-state index < -0.39 is 11.6 Å². The van der Waals surface area contributed by atoms with E-state index in [9.17, 15) is 9.90 Å². The third-order valence-corrected chi connectivity index (χ3v) is 2.84. The Morgan fingerprint density at radius 1 is 1.73 bits per heavy atom. The number of likely N-dealkylation sites (N-methyl/N-ethyl adjacent to an activating group) is 1. The summed E-state index contributed by atoms with van der Waals surface area (Å²) in [6.45, 7) is 3.69. The van der Waals surface area contributed by atoms with E-state index >= 15 is 0 Å². The molecule has 2 atom stereocenters. The second-order valence-corrected chi connectivity index (χ2v) is 4.33. The molecule has 1 saturated heterocycles. The molecule has 0 saturated carbocycles. The summed E-state index contributed by atoms with van der Waals surface area (Å²) < 4.78 is 4.55. The van der Waals surface area contributed by atoms with Gasteiger partial charge in [0.1, 0.15) is 0 Å². The number of rotatable bonds is 4. The van der Waals surface area contributed by atoms with Crippen molar-refractivity contribution in [3.63, 3.8) is 0 Å². The minimum Gasteiger partial charge on any atom is -0.467 e. The van der Waals surface area contributed by atoms with Crippen molar-refractivity contribution in [2.75, 3.05) is 33.8 Å². The second-order valence-electron chi connectivity index (χ2n) is 4.33. The fourth-order valence-corrected chi connectivity index (χ4v) is 1.91. The summed E-state index contributed by atoms with van der Waals surface area (Å²) in [5, 5.41) is 13.1. The molecule has 0 aliphatic carbocycles. The molecule has 0 radical (unpaired) electrons. The molecule has 1 rings (SSSR count). The zero-order valence-corrected chi connectivity index (χ0v) is 9.62. The van der Waals surface area contributed by atoms with Crippen LogP contribution in [0.25, 0.3) is 0 Å². The summed E-state index contributed by atoms with van der Waals surface area (Å²) in [5.41, 5.74) is -1.42. The molecule has 1 heterocycles. The number of hydrogen-bond acceptors (Lipinski definition) is 5. The first-order chi connectivity index (χ1) is 6.97. The van der Waals surface area contributed by atoms with Gasteiger partial charge < -0.3 is 15.2 Å². The van der Waals surface area contributed by atoms with E-state index in [0.717, 1.165) is 19.5 Å². The highest BCUT2D eigenvalue weighted by molar-refractivity contribution is 5.78. The quantitative estimate of drug-likeness (QED) is 0.603. The second kappa shape index (κ2) is 4.92. The van der Waals surface area contributed by atoms with Gasteiger partial charge in [-0.3, -0.25) is 4.90 Å². The van der Waals surface area contributed by atoms with Gasteiger partial charge in [-0.2, -0.15) is 0 Å². The van der Waals surface area contributed by atoms with Gasteiger partial charge in [-0.05, 0) is 26.9 Å². The number of hydrogen-bond donors (Lipinski definition) is 2. The van der Waals surface area contributed by atoms with Gasteiger partial charge in [0.15, 0.2) is 5.60 Å². The number of nitrogens with zero attached hydrogens (tertiary/aromatic N) is 1. The largest absolute Gasteiger partial charge is 0.467 e. The molecule has 2 N–H and O–H groups in total. The maximum atomic E-state index is 11.3. The van der Waals surface area contributed by atoms with Crippen molar-refractivity contribution >= 4 is 5.97 Å². The zero-order chi connectivity index (χ0) is 11.5. The van der Waals surface area contributed by atoms with Crippen molar-refractivity contribution in [2.45, 2.75) is 25.0 Å². The number of carbonyl (C=O) groups excluding carboxylic acids is 1. The van der Waals surface area contributed by atoms with Crippen LogP contribution in [0, 0.1) is 0 Å². The van der Waals surface area contributed by atoms with Crippen molar-refractivity contribution < 1.29 is 14.6 Å². The maximum Gasteiger partial charge on any atom is 0.338 e. The Morgan fingerprint density at radius 3 is 2.87 bits per heavy atom. The number of carbonyl (C=O) groups is 1. The number of esters is 1. The first kappa shape index (κ1) is 12.4. The van der Waals surface area contributed by atoms with Crippen LogP contribution in [0.2, 0.25) is 0 Å². The summed E-state index contributed by atoms with van der Waals surface area (Å²) in [6, 6.07) is 0.390. The average molecular weight is 216 g/mol. The van der Waals surface area contributed by atoms with E-state index in [-0.39, 0.29) is 0 Å². The maximum absolute atomic E-state index is 11.3. The molecule has 0 aromatic carbocycles. The molecule has 1 fully saturated rings. The third kappa shape index (κ3) is 3.15. The van der Waals surface area contributed by atoms with Crippen LogP contribution >= 0.6 is 0 Å². The van der Waals surface area contributed by atoms with Crippen LogP contribution in [-0.4, -0.2) is 61.4 Å². The molecular weight excluding hydrogens is 196 g/mol. The van der Waals surface area contributed by atoms with Crippen LogP contribution < -0.4 is 5.32 Å². The highest BCUT2D eigenvalue weighted by atomic mass is 16.5. The number of methoxy groups -OCH3 is 1. The lowest BCUT2D eigenvalue weighted by atomic mass is 10.1. The lowest BCUT2D eigenvalue weighted by Gasteiger charge is -2.30. The number of aliphatic hydroxyl groups is 1. The normalized spacial score (nSPS) is 25.3. The number of nitrogens with one attached hydrogen (secondary N) is 1. The number of ether oxygens (including phenoxy) is 1. The highest BCUT2D eigenvalue weighted by Gasteiger charge is 2.34. The Kier molecular flexibility index (Phi) is 4.07. The van der Waals surface area contributed by atoms with E-state index in [0.29, 0.717) is 12.6 Å². The summed E-state index contributed by atoms with van der Waals surface area (Å²) in [7, 11) is 3.20. The minimum absolute atomic E-state index is 0.298. The van der Waals surface area contributed by atoms with Gasteiger partial charge in [-0.15, -0.1) is 0 Å². The van der Waals surface area contributed by atoms with Crippen LogP contribution in [0.4, 0.5) is 0 Å². The Morgan fingerprint density at radius 2 is 2.40 bits per heavy atom. The fraction of sp³-hybridized carbons (Fsp3) is 0.900.